The first-order valence-electron chi connectivity index (χ1n) is 5.42. The van der Waals surface area contributed by atoms with Gasteiger partial charge in [-0.2, -0.15) is 0 Å². The van der Waals surface area contributed by atoms with Gasteiger partial charge in [0.05, 0.1) is 12.4 Å². The number of furan rings is 1. The molecule has 1 saturated heterocycles. The second-order valence-electron chi connectivity index (χ2n) is 3.73. The first-order chi connectivity index (χ1) is 8.09. The summed E-state index contributed by atoms with van der Waals surface area (Å²) in [6.45, 7) is 2.72. The monoisotopic (exact) mass is 239 g/mol. The summed E-state index contributed by atoms with van der Waals surface area (Å²) in [6, 6.07) is 3.73. The molecule has 1 aromatic rings. The molecule has 3 N–H and O–H groups in total. The van der Waals surface area contributed by atoms with Crippen LogP contribution in [0.25, 0.3) is 6.08 Å². The third-order valence-electron chi connectivity index (χ3n) is 2.22. The van der Waals surface area contributed by atoms with Crippen LogP contribution in [0.2, 0.25) is 0 Å². The Balaban J connectivity index is 0.000000317. The molecule has 1 fully saturated rings. The molecule has 0 bridgehead atoms. The predicted octanol–water partition coefficient (Wildman–Crippen LogP) is 1.11. The molecule has 2 heterocycles. The summed E-state index contributed by atoms with van der Waals surface area (Å²) in [5, 5.41) is 20.2. The summed E-state index contributed by atoms with van der Waals surface area (Å²) in [6.07, 6.45) is 4.00. The molecule has 1 aromatic heterocycles. The first-order valence-corrected chi connectivity index (χ1v) is 5.42. The van der Waals surface area contributed by atoms with Crippen molar-refractivity contribution in [1.29, 1.82) is 0 Å². The Kier molecular flexibility index (Phi) is 5.45. The lowest BCUT2D eigenvalue weighted by Gasteiger charge is -2.21. The summed E-state index contributed by atoms with van der Waals surface area (Å²) in [4.78, 5) is 9.00. The van der Waals surface area contributed by atoms with Gasteiger partial charge in [0.25, 0.3) is 5.97 Å². The fourth-order valence-corrected chi connectivity index (χ4v) is 1.48. The normalized spacial score (nSPS) is 21.8. The third-order valence-corrected chi connectivity index (χ3v) is 2.22. The summed E-state index contributed by atoms with van der Waals surface area (Å²) < 4.78 is 5.17. The van der Waals surface area contributed by atoms with E-state index < -0.39 is 5.97 Å². The van der Waals surface area contributed by atoms with E-state index in [4.69, 9.17) is 14.3 Å². The molecule has 2 rings (SSSR count). The minimum absolute atomic E-state index is 0.314. The summed E-state index contributed by atoms with van der Waals surface area (Å²) >= 11 is 0. The van der Waals surface area contributed by atoms with Crippen LogP contribution in [0.1, 0.15) is 19.1 Å². The van der Waals surface area contributed by atoms with E-state index >= 15 is 0 Å². The molecule has 1 unspecified atom stereocenters. The number of rotatable bonds is 1. The zero-order chi connectivity index (χ0) is 12.7. The van der Waals surface area contributed by atoms with Gasteiger partial charge in [0.15, 0.2) is 0 Å². The Morgan fingerprint density at radius 2 is 2.35 bits per heavy atom. The Morgan fingerprint density at radius 3 is 2.88 bits per heavy atom. The molecule has 17 heavy (non-hydrogen) atoms. The second kappa shape index (κ2) is 6.88. The Hall–Kier alpha value is -1.59. The SMILES string of the molecule is CC(=O)O.OC1CCNCC1=Cc1ccco1. The highest BCUT2D eigenvalue weighted by Gasteiger charge is 2.15. The maximum atomic E-state index is 9.62. The fraction of sp³-hybridized carbons (Fsp3) is 0.417. The summed E-state index contributed by atoms with van der Waals surface area (Å²) in [5.41, 5.74) is 1.00. The van der Waals surface area contributed by atoms with E-state index in [1.165, 1.54) is 0 Å². The van der Waals surface area contributed by atoms with Crippen LogP contribution in [0.4, 0.5) is 0 Å². The second-order valence-corrected chi connectivity index (χ2v) is 3.73. The molecule has 5 heteroatoms. The van der Waals surface area contributed by atoms with Crippen LogP contribution in [-0.2, 0) is 4.79 Å². The maximum Gasteiger partial charge on any atom is 0.300 e. The number of carboxylic acid groups (broad SMARTS) is 1. The molecule has 0 aromatic carbocycles. The van der Waals surface area contributed by atoms with Gasteiger partial charge in [0, 0.05) is 13.5 Å². The molecular weight excluding hydrogens is 222 g/mol. The molecule has 94 valence electrons. The highest BCUT2D eigenvalue weighted by Crippen LogP contribution is 2.14. The Labute approximate surface area is 99.8 Å². The van der Waals surface area contributed by atoms with Gasteiger partial charge in [-0.3, -0.25) is 4.79 Å². The van der Waals surface area contributed by atoms with Crippen LogP contribution < -0.4 is 5.32 Å². The number of piperidine rings is 1. The van der Waals surface area contributed by atoms with E-state index in [0.717, 1.165) is 37.8 Å². The molecule has 1 aliphatic heterocycles. The van der Waals surface area contributed by atoms with Crippen molar-refractivity contribution in [2.45, 2.75) is 19.4 Å². The van der Waals surface area contributed by atoms with Crippen molar-refractivity contribution in [3.63, 3.8) is 0 Å². The van der Waals surface area contributed by atoms with E-state index in [0.29, 0.717) is 0 Å². The minimum atomic E-state index is -0.833. The maximum absolute atomic E-state index is 9.62. The van der Waals surface area contributed by atoms with Crippen molar-refractivity contribution < 1.29 is 19.4 Å². The number of aliphatic carboxylic acids is 1. The largest absolute Gasteiger partial charge is 0.481 e. The highest BCUT2D eigenvalue weighted by atomic mass is 16.4. The number of nitrogens with one attached hydrogen (secondary N) is 1. The van der Waals surface area contributed by atoms with Crippen molar-refractivity contribution >= 4 is 12.0 Å². The zero-order valence-corrected chi connectivity index (χ0v) is 9.72. The average Bonchev–Trinajstić information content (AvgIpc) is 2.73. The fourth-order valence-electron chi connectivity index (χ4n) is 1.48. The van der Waals surface area contributed by atoms with Crippen molar-refractivity contribution in [2.24, 2.45) is 0 Å². The molecule has 1 atom stereocenters. The van der Waals surface area contributed by atoms with Gasteiger partial charge in [-0.15, -0.1) is 0 Å². The molecule has 0 radical (unpaired) electrons. The number of carbonyl (C=O) groups is 1. The van der Waals surface area contributed by atoms with Gasteiger partial charge in [-0.05, 0) is 36.7 Å². The van der Waals surface area contributed by atoms with Gasteiger partial charge in [-0.1, -0.05) is 0 Å². The van der Waals surface area contributed by atoms with E-state index in [1.54, 1.807) is 6.26 Å². The van der Waals surface area contributed by atoms with Crippen LogP contribution in [0, 0.1) is 0 Å². The molecule has 0 saturated carbocycles. The molecule has 0 amide bonds. The highest BCUT2D eigenvalue weighted by molar-refractivity contribution is 5.62. The van der Waals surface area contributed by atoms with Gasteiger partial charge in [0.2, 0.25) is 0 Å². The Morgan fingerprint density at radius 1 is 1.65 bits per heavy atom. The Bertz CT molecular complexity index is 366. The van der Waals surface area contributed by atoms with Gasteiger partial charge in [-0.25, -0.2) is 0 Å². The van der Waals surface area contributed by atoms with Crippen molar-refractivity contribution in [3.8, 4) is 0 Å². The van der Waals surface area contributed by atoms with E-state index in [9.17, 15) is 5.11 Å². The predicted molar refractivity (Wildman–Crippen MR) is 63.5 cm³/mol. The zero-order valence-electron chi connectivity index (χ0n) is 9.72. The number of aliphatic hydroxyl groups excluding tert-OH is 1. The number of hydrogen-bond acceptors (Lipinski definition) is 4. The molecule has 5 nitrogen and oxygen atoms in total. The quantitative estimate of drug-likeness (QED) is 0.683. The lowest BCUT2D eigenvalue weighted by Crippen LogP contribution is -2.33. The molecule has 0 aliphatic carbocycles. The van der Waals surface area contributed by atoms with Crippen molar-refractivity contribution in [2.75, 3.05) is 13.1 Å². The van der Waals surface area contributed by atoms with Gasteiger partial charge >= 0.3 is 0 Å². The van der Waals surface area contributed by atoms with Crippen LogP contribution in [0.3, 0.4) is 0 Å². The minimum Gasteiger partial charge on any atom is -0.481 e. The topological polar surface area (TPSA) is 82.7 Å². The van der Waals surface area contributed by atoms with E-state index in [2.05, 4.69) is 5.32 Å². The lowest BCUT2D eigenvalue weighted by atomic mass is 10.0. The van der Waals surface area contributed by atoms with Crippen LogP contribution >= 0.6 is 0 Å². The number of hydrogen-bond donors (Lipinski definition) is 3. The summed E-state index contributed by atoms with van der Waals surface area (Å²) in [5.74, 6) is -0.0299. The van der Waals surface area contributed by atoms with Crippen LogP contribution in [0.15, 0.2) is 28.4 Å². The van der Waals surface area contributed by atoms with E-state index in [1.807, 2.05) is 18.2 Å². The first kappa shape index (κ1) is 13.5. The number of carboxylic acids is 1. The third kappa shape index (κ3) is 5.33. The lowest BCUT2D eigenvalue weighted by molar-refractivity contribution is -0.134. The van der Waals surface area contributed by atoms with Crippen LogP contribution in [-0.4, -0.2) is 35.4 Å². The smallest absolute Gasteiger partial charge is 0.300 e. The van der Waals surface area contributed by atoms with E-state index in [-0.39, 0.29) is 6.10 Å². The van der Waals surface area contributed by atoms with Gasteiger partial charge < -0.3 is 19.9 Å². The average molecular weight is 239 g/mol. The molecule has 0 spiro atoms. The van der Waals surface area contributed by atoms with Crippen molar-refractivity contribution in [1.82, 2.24) is 5.32 Å². The standard InChI is InChI=1S/C10H13NO2.C2H4O2/c12-10-3-4-11-7-8(10)6-9-2-1-5-13-9;1-2(3)4/h1-2,5-6,10-12H,3-4,7H2;1H3,(H,3,4). The number of aliphatic hydroxyl groups is 1. The molecule has 1 aliphatic rings. The van der Waals surface area contributed by atoms with Gasteiger partial charge in [0.1, 0.15) is 5.76 Å². The summed E-state index contributed by atoms with van der Waals surface area (Å²) in [7, 11) is 0. The molecular formula is C12H17NO4. The van der Waals surface area contributed by atoms with Crippen LogP contribution in [0.5, 0.6) is 0 Å². The van der Waals surface area contributed by atoms with Crippen molar-refractivity contribution in [3.05, 3.63) is 29.7 Å².